The quantitative estimate of drug-likeness (QED) is 0.479. The standard InChI is InChI=1S/C28H33N3O5/c1-28(2,3)36-26(33)24-14-9-15-31(24)25(32)23(16-20-17-29-22-13-8-7-12-21(20)22)30-27(34)35-18-19-10-5-4-6-11-19/h4-8,10-13,17,23-24,29H,9,14-16,18H2,1-3H3,(H,30,34)/t23-,24-/m0/s1. The number of hydrogen-bond donors (Lipinski definition) is 2. The molecule has 0 radical (unpaired) electrons. The van der Waals surface area contributed by atoms with Crippen molar-refractivity contribution in [3.05, 3.63) is 71.9 Å². The van der Waals surface area contributed by atoms with E-state index in [4.69, 9.17) is 9.47 Å². The number of carbonyl (C=O) groups is 3. The highest BCUT2D eigenvalue weighted by molar-refractivity contribution is 5.91. The summed E-state index contributed by atoms with van der Waals surface area (Å²) < 4.78 is 11.0. The molecule has 8 heteroatoms. The van der Waals surface area contributed by atoms with Gasteiger partial charge in [-0.1, -0.05) is 48.5 Å². The maximum atomic E-state index is 13.7. The van der Waals surface area contributed by atoms with Gasteiger partial charge < -0.3 is 24.7 Å². The van der Waals surface area contributed by atoms with Crippen molar-refractivity contribution in [3.63, 3.8) is 0 Å². The van der Waals surface area contributed by atoms with Gasteiger partial charge in [0, 0.05) is 30.1 Å². The van der Waals surface area contributed by atoms with Crippen LogP contribution in [0.1, 0.15) is 44.7 Å². The monoisotopic (exact) mass is 491 g/mol. The number of amides is 2. The summed E-state index contributed by atoms with van der Waals surface area (Å²) in [6, 6.07) is 15.5. The van der Waals surface area contributed by atoms with Crippen LogP contribution in [0.25, 0.3) is 10.9 Å². The maximum absolute atomic E-state index is 13.7. The zero-order valence-corrected chi connectivity index (χ0v) is 21.0. The number of H-pyrrole nitrogens is 1. The third-order valence-corrected chi connectivity index (χ3v) is 6.12. The Bertz CT molecular complexity index is 1210. The average molecular weight is 492 g/mol. The average Bonchev–Trinajstić information content (AvgIpc) is 3.49. The van der Waals surface area contributed by atoms with Gasteiger partial charge in [-0.25, -0.2) is 9.59 Å². The molecule has 8 nitrogen and oxygen atoms in total. The largest absolute Gasteiger partial charge is 0.458 e. The molecule has 0 bridgehead atoms. The molecule has 4 rings (SSSR count). The molecule has 1 aliphatic heterocycles. The Balaban J connectivity index is 1.53. The molecule has 2 amide bonds. The Morgan fingerprint density at radius 2 is 1.81 bits per heavy atom. The molecule has 2 heterocycles. The van der Waals surface area contributed by atoms with E-state index in [-0.39, 0.29) is 18.9 Å². The maximum Gasteiger partial charge on any atom is 0.408 e. The van der Waals surface area contributed by atoms with Gasteiger partial charge in [-0.05, 0) is 50.8 Å². The Morgan fingerprint density at radius 3 is 2.56 bits per heavy atom. The van der Waals surface area contributed by atoms with Crippen LogP contribution in [-0.2, 0) is 32.1 Å². The summed E-state index contributed by atoms with van der Waals surface area (Å²) in [5, 5.41) is 3.73. The lowest BCUT2D eigenvalue weighted by atomic mass is 10.0. The molecule has 190 valence electrons. The van der Waals surface area contributed by atoms with Gasteiger partial charge in [0.15, 0.2) is 0 Å². The van der Waals surface area contributed by atoms with Gasteiger partial charge in [0.1, 0.15) is 24.3 Å². The van der Waals surface area contributed by atoms with E-state index in [0.717, 1.165) is 22.0 Å². The summed E-state index contributed by atoms with van der Waals surface area (Å²) in [4.78, 5) is 44.1. The number of alkyl carbamates (subject to hydrolysis) is 1. The van der Waals surface area contributed by atoms with E-state index in [2.05, 4.69) is 10.3 Å². The van der Waals surface area contributed by atoms with Crippen molar-refractivity contribution in [1.29, 1.82) is 0 Å². The number of fused-ring (bicyclic) bond motifs is 1. The number of likely N-dealkylation sites (tertiary alicyclic amines) is 1. The Hall–Kier alpha value is -3.81. The van der Waals surface area contributed by atoms with Crippen molar-refractivity contribution in [1.82, 2.24) is 15.2 Å². The highest BCUT2D eigenvalue weighted by Gasteiger charge is 2.40. The van der Waals surface area contributed by atoms with Gasteiger partial charge in [-0.3, -0.25) is 4.79 Å². The van der Waals surface area contributed by atoms with E-state index < -0.39 is 29.7 Å². The molecule has 0 spiro atoms. The number of aromatic amines is 1. The van der Waals surface area contributed by atoms with Crippen molar-refractivity contribution < 1.29 is 23.9 Å². The SMILES string of the molecule is CC(C)(C)OC(=O)[C@@H]1CCCN1C(=O)[C@H](Cc1c[nH]c2ccccc12)NC(=O)OCc1ccccc1. The van der Waals surface area contributed by atoms with Crippen LogP contribution >= 0.6 is 0 Å². The number of carbonyl (C=O) groups excluding carboxylic acids is 3. The molecule has 2 N–H and O–H groups in total. The summed E-state index contributed by atoms with van der Waals surface area (Å²) in [7, 11) is 0. The third-order valence-electron chi connectivity index (χ3n) is 6.12. The smallest absolute Gasteiger partial charge is 0.408 e. The van der Waals surface area contributed by atoms with Crippen LogP contribution in [0.2, 0.25) is 0 Å². The lowest BCUT2D eigenvalue weighted by molar-refractivity contribution is -0.163. The number of aromatic nitrogens is 1. The van der Waals surface area contributed by atoms with Crippen LogP contribution in [0.5, 0.6) is 0 Å². The second-order valence-corrected chi connectivity index (χ2v) is 10.0. The number of esters is 1. The second-order valence-electron chi connectivity index (χ2n) is 10.0. The van der Waals surface area contributed by atoms with Gasteiger partial charge in [0.2, 0.25) is 5.91 Å². The van der Waals surface area contributed by atoms with E-state index in [1.54, 1.807) is 20.8 Å². The fourth-order valence-corrected chi connectivity index (χ4v) is 4.47. The summed E-state index contributed by atoms with van der Waals surface area (Å²) in [5.74, 6) is -0.754. The number of ether oxygens (including phenoxy) is 2. The Labute approximate surface area is 211 Å². The summed E-state index contributed by atoms with van der Waals surface area (Å²) >= 11 is 0. The summed E-state index contributed by atoms with van der Waals surface area (Å²) in [6.07, 6.45) is 2.62. The molecule has 0 aliphatic carbocycles. The normalized spacial score (nSPS) is 16.5. The Kier molecular flexibility index (Phi) is 7.62. The molecular formula is C28H33N3O5. The molecule has 2 atom stereocenters. The van der Waals surface area contributed by atoms with E-state index >= 15 is 0 Å². The van der Waals surface area contributed by atoms with Crippen LogP contribution in [0.4, 0.5) is 4.79 Å². The first-order valence-corrected chi connectivity index (χ1v) is 12.3. The highest BCUT2D eigenvalue weighted by Crippen LogP contribution is 2.24. The number of benzene rings is 2. The van der Waals surface area contributed by atoms with E-state index in [1.807, 2.05) is 60.8 Å². The Morgan fingerprint density at radius 1 is 1.08 bits per heavy atom. The van der Waals surface area contributed by atoms with Crippen molar-refractivity contribution in [2.75, 3.05) is 6.54 Å². The van der Waals surface area contributed by atoms with Gasteiger partial charge in [-0.2, -0.15) is 0 Å². The molecule has 3 aromatic rings. The molecule has 36 heavy (non-hydrogen) atoms. The van der Waals surface area contributed by atoms with E-state index in [9.17, 15) is 14.4 Å². The van der Waals surface area contributed by atoms with Crippen LogP contribution < -0.4 is 5.32 Å². The van der Waals surface area contributed by atoms with E-state index in [0.29, 0.717) is 19.4 Å². The second kappa shape index (κ2) is 10.8. The topological polar surface area (TPSA) is 101 Å². The number of hydrogen-bond acceptors (Lipinski definition) is 5. The van der Waals surface area contributed by atoms with Crippen molar-refractivity contribution in [2.45, 2.75) is 64.3 Å². The molecular weight excluding hydrogens is 458 g/mol. The minimum absolute atomic E-state index is 0.0882. The lowest BCUT2D eigenvalue weighted by Crippen LogP contribution is -2.53. The number of para-hydroxylation sites is 1. The molecule has 1 fully saturated rings. The first kappa shape index (κ1) is 25.3. The summed E-state index contributed by atoms with van der Waals surface area (Å²) in [6.45, 7) is 5.92. The van der Waals surface area contributed by atoms with Gasteiger partial charge in [0.05, 0.1) is 0 Å². The van der Waals surface area contributed by atoms with Crippen LogP contribution in [0.3, 0.4) is 0 Å². The molecule has 2 aromatic carbocycles. The fraction of sp³-hybridized carbons (Fsp3) is 0.393. The van der Waals surface area contributed by atoms with Crippen molar-refractivity contribution in [3.8, 4) is 0 Å². The number of nitrogens with one attached hydrogen (secondary N) is 2. The van der Waals surface area contributed by atoms with Gasteiger partial charge in [0.25, 0.3) is 0 Å². The predicted octanol–water partition coefficient (Wildman–Crippen LogP) is 4.34. The number of rotatable bonds is 7. The zero-order chi connectivity index (χ0) is 25.7. The lowest BCUT2D eigenvalue weighted by Gasteiger charge is -2.30. The zero-order valence-electron chi connectivity index (χ0n) is 21.0. The summed E-state index contributed by atoms with van der Waals surface area (Å²) in [5.41, 5.74) is 2.02. The van der Waals surface area contributed by atoms with Crippen molar-refractivity contribution >= 4 is 28.9 Å². The minimum atomic E-state index is -0.907. The predicted molar refractivity (Wildman–Crippen MR) is 136 cm³/mol. The number of nitrogens with zero attached hydrogens (tertiary/aromatic N) is 1. The first-order valence-electron chi connectivity index (χ1n) is 12.3. The first-order chi connectivity index (χ1) is 17.2. The van der Waals surface area contributed by atoms with E-state index in [1.165, 1.54) is 4.90 Å². The van der Waals surface area contributed by atoms with Crippen LogP contribution in [-0.4, -0.2) is 52.1 Å². The van der Waals surface area contributed by atoms with Crippen LogP contribution in [0, 0.1) is 0 Å². The fourth-order valence-electron chi connectivity index (χ4n) is 4.47. The third kappa shape index (κ3) is 6.24. The highest BCUT2D eigenvalue weighted by atomic mass is 16.6. The van der Waals surface area contributed by atoms with Gasteiger partial charge in [-0.15, -0.1) is 0 Å². The molecule has 1 aliphatic rings. The van der Waals surface area contributed by atoms with Gasteiger partial charge >= 0.3 is 12.1 Å². The molecule has 0 unspecified atom stereocenters. The molecule has 1 aromatic heterocycles. The minimum Gasteiger partial charge on any atom is -0.458 e. The molecule has 0 saturated carbocycles. The van der Waals surface area contributed by atoms with Crippen LogP contribution in [0.15, 0.2) is 60.8 Å². The molecule has 1 saturated heterocycles. The van der Waals surface area contributed by atoms with Crippen molar-refractivity contribution in [2.24, 2.45) is 0 Å².